The summed E-state index contributed by atoms with van der Waals surface area (Å²) in [4.78, 5) is 0. The predicted molar refractivity (Wildman–Crippen MR) is 45.7 cm³/mol. The van der Waals surface area contributed by atoms with Crippen LogP contribution in [0.3, 0.4) is 0 Å². The van der Waals surface area contributed by atoms with Crippen molar-refractivity contribution >= 4 is 15.9 Å². The summed E-state index contributed by atoms with van der Waals surface area (Å²) < 4.78 is 92.3. The number of rotatable bonds is 2. The first kappa shape index (κ1) is 14.1. The van der Waals surface area contributed by atoms with Crippen LogP contribution in [0.4, 0.5) is 30.7 Å². The van der Waals surface area contributed by atoms with Crippen molar-refractivity contribution in [1.29, 1.82) is 0 Å². The third-order valence-corrected chi connectivity index (χ3v) is 1.93. The minimum atomic E-state index is -5.55. The molecule has 0 fully saturated rings. The Hall–Kier alpha value is -0.990. The fraction of sp³-hybridized carbons (Fsp3) is 0.250. The first-order valence-corrected chi connectivity index (χ1v) is 4.95. The Morgan fingerprint density at radius 3 is 1.59 bits per heavy atom. The Labute approximate surface area is 98.3 Å². The largest absolute Gasteiger partial charge is 0.476 e. The highest BCUT2D eigenvalue weighted by Gasteiger charge is 2.42. The van der Waals surface area contributed by atoms with E-state index in [1.54, 1.807) is 0 Å². The quantitative estimate of drug-likeness (QED) is 0.453. The van der Waals surface area contributed by atoms with Gasteiger partial charge in [-0.2, -0.15) is 22.0 Å². The fourth-order valence-corrected chi connectivity index (χ4v) is 1.27. The van der Waals surface area contributed by atoms with Crippen molar-refractivity contribution in [3.63, 3.8) is 0 Å². The van der Waals surface area contributed by atoms with Gasteiger partial charge in [0, 0.05) is 0 Å². The van der Waals surface area contributed by atoms with Crippen LogP contribution in [0.25, 0.3) is 0 Å². The first-order valence-electron chi connectivity index (χ1n) is 3.83. The number of alkyl halides is 4. The molecule has 96 valence electrons. The number of hydrogen-bond donors (Lipinski definition) is 0. The molecule has 0 aliphatic carbocycles. The zero-order valence-electron chi connectivity index (χ0n) is 7.64. The van der Waals surface area contributed by atoms with Crippen LogP contribution in [0.2, 0.25) is 0 Å². The lowest BCUT2D eigenvalue weighted by Crippen LogP contribution is -2.16. The maximum Gasteiger partial charge on any atom is 0.422 e. The molecular formula is C8H2BrF7O. The van der Waals surface area contributed by atoms with Gasteiger partial charge in [0.05, 0.1) is 0 Å². The Balaban J connectivity index is 3.59. The molecule has 0 bridgehead atoms. The molecule has 0 aliphatic heterocycles. The Morgan fingerprint density at radius 1 is 0.882 bits per heavy atom. The smallest absolute Gasteiger partial charge is 0.422 e. The van der Waals surface area contributed by atoms with Crippen LogP contribution in [0, 0.1) is 23.3 Å². The normalized spacial score (nSPS) is 11.8. The van der Waals surface area contributed by atoms with Gasteiger partial charge in [-0.3, -0.25) is 0 Å². The van der Waals surface area contributed by atoms with Crippen LogP contribution >= 0.6 is 15.9 Å². The highest BCUT2D eigenvalue weighted by atomic mass is 79.9. The van der Waals surface area contributed by atoms with Gasteiger partial charge in [0.25, 0.3) is 0 Å². The highest BCUT2D eigenvalue weighted by molar-refractivity contribution is 9.09. The van der Waals surface area contributed by atoms with Gasteiger partial charge in [-0.05, 0) is 15.9 Å². The molecule has 0 amide bonds. The van der Waals surface area contributed by atoms with E-state index in [1.807, 2.05) is 0 Å². The maximum absolute atomic E-state index is 13.0. The van der Waals surface area contributed by atoms with E-state index in [0.717, 1.165) is 0 Å². The molecule has 0 aromatic heterocycles. The molecule has 9 heteroatoms. The molecule has 0 unspecified atom stereocenters. The lowest BCUT2D eigenvalue weighted by atomic mass is 10.1. The summed E-state index contributed by atoms with van der Waals surface area (Å²) in [5, 5.41) is 0. The molecule has 1 aromatic carbocycles. The summed E-state index contributed by atoms with van der Waals surface area (Å²) in [6.45, 7) is 0. The molecule has 0 saturated carbocycles. The molecule has 0 spiro atoms. The van der Waals surface area contributed by atoms with Crippen LogP contribution in [-0.2, 0) is 6.18 Å². The van der Waals surface area contributed by atoms with E-state index in [2.05, 4.69) is 20.7 Å². The van der Waals surface area contributed by atoms with E-state index in [4.69, 9.17) is 0 Å². The number of halogens is 8. The molecule has 0 saturated heterocycles. The lowest BCUT2D eigenvalue weighted by molar-refractivity contribution is -0.143. The molecule has 0 N–H and O–H groups in total. The van der Waals surface area contributed by atoms with E-state index in [0.29, 0.717) is 0 Å². The molecule has 0 atom stereocenters. The molecule has 1 rings (SSSR count). The van der Waals surface area contributed by atoms with Crippen molar-refractivity contribution in [2.45, 2.75) is 6.18 Å². The van der Waals surface area contributed by atoms with Crippen molar-refractivity contribution < 1.29 is 35.5 Å². The molecule has 17 heavy (non-hydrogen) atoms. The molecule has 1 nitrogen and oxygen atoms in total. The van der Waals surface area contributed by atoms with Gasteiger partial charge >= 0.3 is 6.18 Å². The number of benzene rings is 1. The summed E-state index contributed by atoms with van der Waals surface area (Å²) in [7, 11) is 0. The van der Waals surface area contributed by atoms with Crippen LogP contribution in [0.15, 0.2) is 0 Å². The lowest BCUT2D eigenvalue weighted by Gasteiger charge is -2.13. The summed E-state index contributed by atoms with van der Waals surface area (Å²) in [5.41, 5.74) is -3.18. The highest BCUT2D eigenvalue weighted by Crippen LogP contribution is 2.39. The van der Waals surface area contributed by atoms with E-state index in [1.165, 1.54) is 0 Å². The van der Waals surface area contributed by atoms with E-state index < -0.39 is 46.3 Å². The maximum atomic E-state index is 13.0. The van der Waals surface area contributed by atoms with Crippen LogP contribution < -0.4 is 4.74 Å². The predicted octanol–water partition coefficient (Wildman–Crippen LogP) is 3.99. The zero-order valence-corrected chi connectivity index (χ0v) is 9.23. The topological polar surface area (TPSA) is 9.23 Å². The van der Waals surface area contributed by atoms with Gasteiger partial charge in [0.15, 0.2) is 17.4 Å². The monoisotopic (exact) mass is 326 g/mol. The second-order valence-electron chi connectivity index (χ2n) is 2.71. The van der Waals surface area contributed by atoms with Gasteiger partial charge < -0.3 is 4.74 Å². The standard InChI is InChI=1S/C8H2BrF7O/c9-1-17-7-5(12)3(10)2(8(14,15)16)4(11)6(7)13/h1H2. The average Bonchev–Trinajstić information content (AvgIpc) is 2.20. The van der Waals surface area contributed by atoms with Crippen molar-refractivity contribution in [2.75, 3.05) is 5.52 Å². The number of ether oxygens (including phenoxy) is 1. The average molecular weight is 327 g/mol. The third-order valence-electron chi connectivity index (χ3n) is 1.71. The summed E-state index contributed by atoms with van der Waals surface area (Å²) in [6, 6.07) is 0. The van der Waals surface area contributed by atoms with Gasteiger partial charge in [0.1, 0.15) is 11.1 Å². The van der Waals surface area contributed by atoms with Crippen LogP contribution in [0.5, 0.6) is 5.75 Å². The first-order chi connectivity index (χ1) is 7.71. The summed E-state index contributed by atoms with van der Waals surface area (Å²) >= 11 is 2.54. The molecule has 0 aliphatic rings. The minimum absolute atomic E-state index is 0.551. The second kappa shape index (κ2) is 4.71. The van der Waals surface area contributed by atoms with Gasteiger partial charge in [-0.25, -0.2) is 8.78 Å². The molecule has 0 heterocycles. The van der Waals surface area contributed by atoms with Crippen molar-refractivity contribution in [3.8, 4) is 5.75 Å². The Morgan fingerprint density at radius 2 is 1.29 bits per heavy atom. The van der Waals surface area contributed by atoms with Crippen LogP contribution in [0.1, 0.15) is 5.56 Å². The van der Waals surface area contributed by atoms with Crippen LogP contribution in [-0.4, -0.2) is 5.52 Å². The van der Waals surface area contributed by atoms with Gasteiger partial charge in [-0.15, -0.1) is 0 Å². The Kier molecular flexibility index (Phi) is 3.90. The van der Waals surface area contributed by atoms with Crippen molar-refractivity contribution in [1.82, 2.24) is 0 Å². The van der Waals surface area contributed by atoms with E-state index in [-0.39, 0.29) is 0 Å². The van der Waals surface area contributed by atoms with Gasteiger partial charge in [-0.1, -0.05) is 0 Å². The van der Waals surface area contributed by atoms with Gasteiger partial charge in [0.2, 0.25) is 11.6 Å². The molecule has 0 radical (unpaired) electrons. The second-order valence-corrected chi connectivity index (χ2v) is 3.17. The summed E-state index contributed by atoms with van der Waals surface area (Å²) in [6.07, 6.45) is -5.55. The van der Waals surface area contributed by atoms with E-state index in [9.17, 15) is 30.7 Å². The SMILES string of the molecule is Fc1c(F)c(C(F)(F)F)c(F)c(F)c1OCBr. The Bertz CT molecular complexity index is 413. The van der Waals surface area contributed by atoms with E-state index >= 15 is 0 Å². The molecular weight excluding hydrogens is 325 g/mol. The summed E-state index contributed by atoms with van der Waals surface area (Å²) in [5.74, 6) is -11.1. The van der Waals surface area contributed by atoms with Crippen molar-refractivity contribution in [2.24, 2.45) is 0 Å². The minimum Gasteiger partial charge on any atom is -0.476 e. The fourth-order valence-electron chi connectivity index (χ4n) is 1.04. The van der Waals surface area contributed by atoms with Crippen molar-refractivity contribution in [3.05, 3.63) is 28.8 Å². The third kappa shape index (κ3) is 2.48. The zero-order chi connectivity index (χ0) is 13.4. The number of hydrogen-bond acceptors (Lipinski definition) is 1. The molecule has 1 aromatic rings.